The van der Waals surface area contributed by atoms with Crippen LogP contribution in [0.25, 0.3) is 0 Å². The minimum atomic E-state index is 0.0729. The Labute approximate surface area is 90.3 Å². The zero-order valence-electron chi connectivity index (χ0n) is 9.18. The van der Waals surface area contributed by atoms with Gasteiger partial charge in [-0.05, 0) is 25.0 Å². The molecular weight excluding hydrogens is 188 g/mol. The van der Waals surface area contributed by atoms with Crippen molar-refractivity contribution in [3.8, 4) is 0 Å². The molecule has 3 heteroatoms. The monoisotopic (exact) mass is 204 g/mol. The number of hydrogen-bond donors (Lipinski definition) is 0. The van der Waals surface area contributed by atoms with Gasteiger partial charge in [0.05, 0.1) is 0 Å². The molecule has 80 valence electrons. The van der Waals surface area contributed by atoms with E-state index in [0.29, 0.717) is 6.04 Å². The Morgan fingerprint density at radius 1 is 1.20 bits per heavy atom. The van der Waals surface area contributed by atoms with E-state index in [0.717, 1.165) is 18.5 Å². The van der Waals surface area contributed by atoms with Crippen molar-refractivity contribution in [2.24, 2.45) is 0 Å². The lowest BCUT2D eigenvalue weighted by Gasteiger charge is -2.24. The second-order valence-electron chi connectivity index (χ2n) is 4.02. The number of rotatable bonds is 2. The molecule has 1 aromatic carbocycles. The number of anilines is 1. The molecular formula is C12H16N2O. The third-order valence-corrected chi connectivity index (χ3v) is 2.83. The first-order valence-corrected chi connectivity index (χ1v) is 5.25. The van der Waals surface area contributed by atoms with Crippen molar-refractivity contribution in [2.45, 2.75) is 18.9 Å². The summed E-state index contributed by atoms with van der Waals surface area (Å²) < 4.78 is 0. The molecule has 1 aromatic rings. The van der Waals surface area contributed by atoms with E-state index in [2.05, 4.69) is 0 Å². The standard InChI is InChI=1S/C12H16N2O/c1-13(10-6-4-3-5-7-10)12(15)14(2)11-8-9-11/h3-7,11H,8-9H2,1-2H3. The van der Waals surface area contributed by atoms with Gasteiger partial charge in [0, 0.05) is 25.8 Å². The Morgan fingerprint density at radius 2 is 1.80 bits per heavy atom. The van der Waals surface area contributed by atoms with E-state index in [1.807, 2.05) is 49.3 Å². The van der Waals surface area contributed by atoms with Gasteiger partial charge in [-0.3, -0.25) is 4.90 Å². The van der Waals surface area contributed by atoms with Gasteiger partial charge in [-0.25, -0.2) is 4.79 Å². The number of amides is 2. The SMILES string of the molecule is CN(C(=O)N(C)C1CC1)c1ccccc1. The van der Waals surface area contributed by atoms with Crippen molar-refractivity contribution in [1.29, 1.82) is 0 Å². The topological polar surface area (TPSA) is 23.6 Å². The number of benzene rings is 1. The molecule has 0 saturated heterocycles. The number of para-hydroxylation sites is 1. The van der Waals surface area contributed by atoms with Gasteiger partial charge >= 0.3 is 6.03 Å². The van der Waals surface area contributed by atoms with Crippen LogP contribution in [-0.2, 0) is 0 Å². The molecule has 0 radical (unpaired) electrons. The van der Waals surface area contributed by atoms with E-state index in [4.69, 9.17) is 0 Å². The highest BCUT2D eigenvalue weighted by atomic mass is 16.2. The van der Waals surface area contributed by atoms with Crippen LogP contribution in [0.3, 0.4) is 0 Å². The van der Waals surface area contributed by atoms with Gasteiger partial charge in [-0.2, -0.15) is 0 Å². The minimum absolute atomic E-state index is 0.0729. The van der Waals surface area contributed by atoms with E-state index >= 15 is 0 Å². The quantitative estimate of drug-likeness (QED) is 0.725. The third kappa shape index (κ3) is 2.12. The second kappa shape index (κ2) is 3.93. The van der Waals surface area contributed by atoms with Gasteiger partial charge in [0.25, 0.3) is 0 Å². The highest BCUT2D eigenvalue weighted by Gasteiger charge is 2.31. The van der Waals surface area contributed by atoms with E-state index in [9.17, 15) is 4.79 Å². The van der Waals surface area contributed by atoms with Crippen molar-refractivity contribution in [3.05, 3.63) is 30.3 Å². The molecule has 1 fully saturated rings. The molecule has 0 aliphatic heterocycles. The molecule has 0 spiro atoms. The van der Waals surface area contributed by atoms with Crippen LogP contribution in [0.15, 0.2) is 30.3 Å². The molecule has 1 aliphatic carbocycles. The van der Waals surface area contributed by atoms with Crippen LogP contribution < -0.4 is 4.90 Å². The van der Waals surface area contributed by atoms with Gasteiger partial charge in [0.2, 0.25) is 0 Å². The van der Waals surface area contributed by atoms with Crippen LogP contribution in [-0.4, -0.2) is 31.1 Å². The van der Waals surface area contributed by atoms with E-state index in [-0.39, 0.29) is 6.03 Å². The molecule has 15 heavy (non-hydrogen) atoms. The van der Waals surface area contributed by atoms with Crippen LogP contribution >= 0.6 is 0 Å². The summed E-state index contributed by atoms with van der Waals surface area (Å²) in [5.41, 5.74) is 0.940. The smallest absolute Gasteiger partial charge is 0.324 e. The highest BCUT2D eigenvalue weighted by molar-refractivity contribution is 5.91. The Kier molecular flexibility index (Phi) is 2.62. The van der Waals surface area contributed by atoms with E-state index in [1.165, 1.54) is 0 Å². The zero-order chi connectivity index (χ0) is 10.8. The van der Waals surface area contributed by atoms with E-state index in [1.54, 1.807) is 4.90 Å². The largest absolute Gasteiger partial charge is 0.324 e. The first-order valence-electron chi connectivity index (χ1n) is 5.25. The lowest BCUT2D eigenvalue weighted by atomic mass is 10.3. The Balaban J connectivity index is 2.07. The Bertz CT molecular complexity index is 346. The lowest BCUT2D eigenvalue weighted by molar-refractivity contribution is 0.215. The van der Waals surface area contributed by atoms with Crippen molar-refractivity contribution >= 4 is 11.7 Å². The molecule has 1 saturated carbocycles. The number of urea groups is 1. The maximum atomic E-state index is 12.0. The molecule has 0 heterocycles. The number of carbonyl (C=O) groups excluding carboxylic acids is 1. The average molecular weight is 204 g/mol. The summed E-state index contributed by atoms with van der Waals surface area (Å²) in [6.07, 6.45) is 2.29. The molecule has 3 nitrogen and oxygen atoms in total. The van der Waals surface area contributed by atoms with Crippen LogP contribution in [0.5, 0.6) is 0 Å². The fourth-order valence-corrected chi connectivity index (χ4v) is 1.62. The summed E-state index contributed by atoms with van der Waals surface area (Å²) in [5, 5.41) is 0. The maximum absolute atomic E-state index is 12.0. The van der Waals surface area contributed by atoms with Gasteiger partial charge in [-0.1, -0.05) is 18.2 Å². The van der Waals surface area contributed by atoms with Crippen molar-refractivity contribution in [3.63, 3.8) is 0 Å². The van der Waals surface area contributed by atoms with E-state index < -0.39 is 0 Å². The van der Waals surface area contributed by atoms with Crippen molar-refractivity contribution in [2.75, 3.05) is 19.0 Å². The Morgan fingerprint density at radius 3 is 2.33 bits per heavy atom. The normalized spacial score (nSPS) is 14.8. The minimum Gasteiger partial charge on any atom is -0.324 e. The summed E-state index contributed by atoms with van der Waals surface area (Å²) in [6, 6.07) is 10.3. The van der Waals surface area contributed by atoms with Crippen LogP contribution in [0.1, 0.15) is 12.8 Å². The summed E-state index contributed by atoms with van der Waals surface area (Å²) in [5.74, 6) is 0. The Hall–Kier alpha value is -1.51. The molecule has 2 amide bonds. The highest BCUT2D eigenvalue weighted by Crippen LogP contribution is 2.26. The summed E-state index contributed by atoms with van der Waals surface area (Å²) in [7, 11) is 3.69. The van der Waals surface area contributed by atoms with Crippen molar-refractivity contribution in [1.82, 2.24) is 4.90 Å². The number of nitrogens with zero attached hydrogens (tertiary/aromatic N) is 2. The van der Waals surface area contributed by atoms with Crippen LogP contribution in [0, 0.1) is 0 Å². The van der Waals surface area contributed by atoms with Gasteiger partial charge in [0.15, 0.2) is 0 Å². The summed E-state index contributed by atoms with van der Waals surface area (Å²) >= 11 is 0. The molecule has 0 unspecified atom stereocenters. The van der Waals surface area contributed by atoms with Crippen LogP contribution in [0.4, 0.5) is 10.5 Å². The molecule has 0 atom stereocenters. The first-order chi connectivity index (χ1) is 7.20. The molecule has 0 bridgehead atoms. The average Bonchev–Trinajstić information content (AvgIpc) is 3.11. The van der Waals surface area contributed by atoms with Gasteiger partial charge in [0.1, 0.15) is 0 Å². The number of carbonyl (C=O) groups is 1. The first kappa shape index (κ1) is 10.0. The number of hydrogen-bond acceptors (Lipinski definition) is 1. The van der Waals surface area contributed by atoms with Gasteiger partial charge < -0.3 is 4.90 Å². The maximum Gasteiger partial charge on any atom is 0.324 e. The summed E-state index contributed by atoms with van der Waals surface area (Å²) in [6.45, 7) is 0. The fourth-order valence-electron chi connectivity index (χ4n) is 1.62. The second-order valence-corrected chi connectivity index (χ2v) is 4.02. The molecule has 2 rings (SSSR count). The van der Waals surface area contributed by atoms with Crippen molar-refractivity contribution < 1.29 is 4.79 Å². The molecule has 1 aliphatic rings. The molecule has 0 N–H and O–H groups in total. The fraction of sp³-hybridized carbons (Fsp3) is 0.417. The van der Waals surface area contributed by atoms with Gasteiger partial charge in [-0.15, -0.1) is 0 Å². The lowest BCUT2D eigenvalue weighted by Crippen LogP contribution is -2.40. The molecule has 0 aromatic heterocycles. The predicted octanol–water partition coefficient (Wildman–Crippen LogP) is 2.34. The summed E-state index contributed by atoms with van der Waals surface area (Å²) in [4.78, 5) is 15.5. The zero-order valence-corrected chi connectivity index (χ0v) is 9.18. The predicted molar refractivity (Wildman–Crippen MR) is 61.0 cm³/mol. The third-order valence-electron chi connectivity index (χ3n) is 2.83. The van der Waals surface area contributed by atoms with Crippen LogP contribution in [0.2, 0.25) is 0 Å².